The molecule has 150 valence electrons. The molecular formula is C21H25NO6. The van der Waals surface area contributed by atoms with Gasteiger partial charge in [-0.25, -0.2) is 9.59 Å². The number of rotatable bonds is 4. The minimum Gasteiger partial charge on any atom is -0.473 e. The van der Waals surface area contributed by atoms with E-state index in [-0.39, 0.29) is 12.2 Å². The Morgan fingerprint density at radius 2 is 1.32 bits per heavy atom. The van der Waals surface area contributed by atoms with E-state index in [1.165, 1.54) is 0 Å². The van der Waals surface area contributed by atoms with Crippen molar-refractivity contribution in [3.05, 3.63) is 71.8 Å². The van der Waals surface area contributed by atoms with Gasteiger partial charge in [-0.1, -0.05) is 60.7 Å². The summed E-state index contributed by atoms with van der Waals surface area (Å²) in [5, 5.41) is 14.8. The van der Waals surface area contributed by atoms with Crippen molar-refractivity contribution in [2.24, 2.45) is 0 Å². The lowest BCUT2D eigenvalue weighted by Gasteiger charge is -2.29. The molecule has 0 spiro atoms. The van der Waals surface area contributed by atoms with Crippen LogP contribution in [-0.2, 0) is 24.8 Å². The highest BCUT2D eigenvalue weighted by molar-refractivity contribution is 6.27. The van der Waals surface area contributed by atoms with Crippen LogP contribution in [0.15, 0.2) is 60.7 Å². The Bertz CT molecular complexity index is 726. The molecule has 1 heterocycles. The van der Waals surface area contributed by atoms with Crippen LogP contribution in [0.4, 0.5) is 0 Å². The van der Waals surface area contributed by atoms with Crippen LogP contribution in [0.5, 0.6) is 0 Å². The fourth-order valence-corrected chi connectivity index (χ4v) is 2.97. The van der Waals surface area contributed by atoms with Crippen LogP contribution >= 0.6 is 0 Å². The first-order valence-corrected chi connectivity index (χ1v) is 8.84. The molecule has 0 saturated carbocycles. The van der Waals surface area contributed by atoms with Crippen molar-refractivity contribution < 1.29 is 29.3 Å². The molecule has 0 unspecified atom stereocenters. The summed E-state index contributed by atoms with van der Waals surface area (Å²) in [5.41, 5.74) is 2.07. The van der Waals surface area contributed by atoms with Crippen molar-refractivity contribution in [3.8, 4) is 0 Å². The molecule has 7 nitrogen and oxygen atoms in total. The van der Waals surface area contributed by atoms with Crippen LogP contribution in [0.1, 0.15) is 18.1 Å². The molecule has 28 heavy (non-hydrogen) atoms. The zero-order valence-electron chi connectivity index (χ0n) is 16.1. The number of nitrogens with zero attached hydrogens (tertiary/aromatic N) is 1. The number of carbonyl (C=O) groups is 2. The highest BCUT2D eigenvalue weighted by Gasteiger charge is 2.48. The lowest BCUT2D eigenvalue weighted by Crippen LogP contribution is -2.33. The van der Waals surface area contributed by atoms with Crippen LogP contribution in [0.3, 0.4) is 0 Å². The van der Waals surface area contributed by atoms with E-state index in [2.05, 4.69) is 50.2 Å². The number of aliphatic carboxylic acids is 2. The Labute approximate surface area is 164 Å². The predicted octanol–water partition coefficient (Wildman–Crippen LogP) is 2.41. The predicted molar refractivity (Wildman–Crippen MR) is 103 cm³/mol. The van der Waals surface area contributed by atoms with Crippen LogP contribution in [0, 0.1) is 0 Å². The zero-order chi connectivity index (χ0) is 20.7. The van der Waals surface area contributed by atoms with Gasteiger partial charge in [-0.2, -0.15) is 0 Å². The van der Waals surface area contributed by atoms with E-state index in [4.69, 9.17) is 29.3 Å². The highest BCUT2D eigenvalue weighted by atomic mass is 16.8. The molecule has 0 bridgehead atoms. The molecule has 2 N–H and O–H groups in total. The van der Waals surface area contributed by atoms with Crippen LogP contribution in [-0.4, -0.2) is 59.9 Å². The monoisotopic (exact) mass is 387 g/mol. The average Bonchev–Trinajstić information content (AvgIpc) is 3.00. The van der Waals surface area contributed by atoms with Gasteiger partial charge in [0.2, 0.25) is 5.79 Å². The molecule has 2 aromatic carbocycles. The van der Waals surface area contributed by atoms with E-state index in [9.17, 15) is 0 Å². The molecule has 2 aromatic rings. The molecule has 1 aliphatic heterocycles. The fraction of sp³-hybridized carbons (Fsp3) is 0.333. The molecule has 0 aliphatic carbocycles. The molecule has 1 saturated heterocycles. The van der Waals surface area contributed by atoms with Gasteiger partial charge < -0.3 is 24.6 Å². The van der Waals surface area contributed by atoms with Gasteiger partial charge in [0.25, 0.3) is 0 Å². The molecule has 2 atom stereocenters. The Morgan fingerprint density at radius 1 is 0.893 bits per heavy atom. The van der Waals surface area contributed by atoms with E-state index >= 15 is 0 Å². The molecule has 0 radical (unpaired) electrons. The largest absolute Gasteiger partial charge is 0.473 e. The van der Waals surface area contributed by atoms with E-state index in [0.717, 1.165) is 17.7 Å². The van der Waals surface area contributed by atoms with Crippen LogP contribution in [0.25, 0.3) is 0 Å². The molecule has 7 heteroatoms. The Balaban J connectivity index is 0.000000409. The Hall–Kier alpha value is -2.74. The standard InChI is InChI=1S/C19H23NO2.C2H2O4/c1-15-18(14-20(2)3)22-19(21-15,16-10-6-4-7-11-16)17-12-8-5-9-13-17;3-1(4)2(5)6/h4-13,15,18H,14H2,1-3H3;(H,3,4)(H,5,6)/t15-,18-;/m1./s1. The van der Waals surface area contributed by atoms with Gasteiger partial charge in [-0.05, 0) is 21.0 Å². The Morgan fingerprint density at radius 3 is 1.68 bits per heavy atom. The van der Waals surface area contributed by atoms with Gasteiger partial charge in [0, 0.05) is 17.7 Å². The maximum atomic E-state index is 9.10. The molecule has 1 aliphatic rings. The van der Waals surface area contributed by atoms with Crippen molar-refractivity contribution in [2.45, 2.75) is 24.9 Å². The van der Waals surface area contributed by atoms with Gasteiger partial charge in [0.15, 0.2) is 0 Å². The third kappa shape index (κ3) is 5.16. The minimum absolute atomic E-state index is 0.0304. The van der Waals surface area contributed by atoms with Crippen LogP contribution < -0.4 is 0 Å². The van der Waals surface area contributed by atoms with Crippen molar-refractivity contribution in [1.82, 2.24) is 4.90 Å². The summed E-state index contributed by atoms with van der Waals surface area (Å²) >= 11 is 0. The van der Waals surface area contributed by atoms with Crippen molar-refractivity contribution in [2.75, 3.05) is 20.6 Å². The number of hydrogen-bond donors (Lipinski definition) is 2. The van der Waals surface area contributed by atoms with Gasteiger partial charge in [0.1, 0.15) is 6.10 Å². The normalized spacial score (nSPS) is 20.3. The second kappa shape index (κ2) is 9.45. The van der Waals surface area contributed by atoms with Gasteiger partial charge in [-0.15, -0.1) is 0 Å². The molecule has 3 rings (SSSR count). The summed E-state index contributed by atoms with van der Waals surface area (Å²) in [6.45, 7) is 2.92. The number of hydrogen-bond acceptors (Lipinski definition) is 5. The number of ether oxygens (including phenoxy) is 2. The highest BCUT2D eigenvalue weighted by Crippen LogP contribution is 2.43. The zero-order valence-corrected chi connectivity index (χ0v) is 16.1. The third-order valence-corrected chi connectivity index (χ3v) is 4.23. The lowest BCUT2D eigenvalue weighted by molar-refractivity contribution is -0.159. The summed E-state index contributed by atoms with van der Waals surface area (Å²) < 4.78 is 12.9. The summed E-state index contributed by atoms with van der Waals surface area (Å²) in [4.78, 5) is 20.3. The summed E-state index contributed by atoms with van der Waals surface area (Å²) in [5.74, 6) is -4.46. The number of carboxylic acid groups (broad SMARTS) is 2. The van der Waals surface area contributed by atoms with E-state index in [1.807, 2.05) is 36.4 Å². The summed E-state index contributed by atoms with van der Waals surface area (Å²) in [6.07, 6.45) is 0.0678. The average molecular weight is 387 g/mol. The van der Waals surface area contributed by atoms with Crippen molar-refractivity contribution in [1.29, 1.82) is 0 Å². The lowest BCUT2D eigenvalue weighted by atomic mass is 9.97. The molecule has 0 amide bonds. The number of likely N-dealkylation sites (N-methyl/N-ethyl adjacent to an activating group) is 1. The molecular weight excluding hydrogens is 362 g/mol. The quantitative estimate of drug-likeness (QED) is 0.778. The minimum atomic E-state index is -1.82. The number of benzene rings is 2. The fourth-order valence-electron chi connectivity index (χ4n) is 2.97. The molecule has 1 fully saturated rings. The van der Waals surface area contributed by atoms with E-state index < -0.39 is 17.7 Å². The summed E-state index contributed by atoms with van der Waals surface area (Å²) in [6, 6.07) is 20.4. The number of carboxylic acids is 2. The first-order valence-electron chi connectivity index (χ1n) is 8.84. The summed E-state index contributed by atoms with van der Waals surface area (Å²) in [7, 11) is 4.11. The van der Waals surface area contributed by atoms with Crippen molar-refractivity contribution >= 4 is 11.9 Å². The topological polar surface area (TPSA) is 96.3 Å². The van der Waals surface area contributed by atoms with Crippen LogP contribution in [0.2, 0.25) is 0 Å². The van der Waals surface area contributed by atoms with E-state index in [1.54, 1.807) is 0 Å². The maximum absolute atomic E-state index is 9.10. The van der Waals surface area contributed by atoms with Gasteiger partial charge in [-0.3, -0.25) is 0 Å². The van der Waals surface area contributed by atoms with Gasteiger partial charge in [0.05, 0.1) is 6.10 Å². The second-order valence-electron chi connectivity index (χ2n) is 6.70. The molecule has 0 aromatic heterocycles. The first kappa shape index (κ1) is 21.6. The SMILES string of the molecule is C[C@H]1OC(c2ccccc2)(c2ccccc2)O[C@@H]1CN(C)C.O=C(O)C(=O)O. The van der Waals surface area contributed by atoms with Gasteiger partial charge >= 0.3 is 11.9 Å². The maximum Gasteiger partial charge on any atom is 0.414 e. The smallest absolute Gasteiger partial charge is 0.414 e. The second-order valence-corrected chi connectivity index (χ2v) is 6.70. The first-order chi connectivity index (χ1) is 13.3. The third-order valence-electron chi connectivity index (χ3n) is 4.23. The Kier molecular flexibility index (Phi) is 7.28. The van der Waals surface area contributed by atoms with E-state index in [0.29, 0.717) is 0 Å². The van der Waals surface area contributed by atoms with Crippen molar-refractivity contribution in [3.63, 3.8) is 0 Å².